The predicted molar refractivity (Wildman–Crippen MR) is 128 cm³/mol. The van der Waals surface area contributed by atoms with Crippen molar-refractivity contribution in [3.8, 4) is 5.75 Å². The number of alkyl halides is 9. The third-order valence-corrected chi connectivity index (χ3v) is 6.18. The third kappa shape index (κ3) is 6.74. The molecule has 2 aromatic carbocycles. The zero-order chi connectivity index (χ0) is 30.4. The number of anilines is 1. The zero-order valence-electron chi connectivity index (χ0n) is 21.1. The lowest BCUT2D eigenvalue weighted by atomic mass is 9.95. The number of ether oxygens (including phenoxy) is 1. The van der Waals surface area contributed by atoms with E-state index in [0.29, 0.717) is 0 Å². The van der Waals surface area contributed by atoms with Crippen molar-refractivity contribution in [2.24, 2.45) is 0 Å². The van der Waals surface area contributed by atoms with Gasteiger partial charge in [-0.1, -0.05) is 18.2 Å². The first-order valence-electron chi connectivity index (χ1n) is 11.8. The first kappa shape index (κ1) is 29.7. The Labute approximate surface area is 227 Å². The molecule has 1 aliphatic rings. The molecule has 1 aromatic heterocycles. The van der Waals surface area contributed by atoms with Crippen LogP contribution in [0.1, 0.15) is 42.3 Å². The van der Waals surface area contributed by atoms with E-state index in [9.17, 15) is 44.3 Å². The molecule has 0 saturated carbocycles. The average Bonchev–Trinajstić information content (AvgIpc) is 3.18. The number of pyridine rings is 1. The average molecular weight is 589 g/mol. The molecule has 3 aromatic rings. The van der Waals surface area contributed by atoms with E-state index in [2.05, 4.69) is 15.0 Å². The van der Waals surface area contributed by atoms with Gasteiger partial charge in [0.15, 0.2) is 0 Å². The number of nitrogens with zero attached hydrogens (tertiary/aromatic N) is 2. The van der Waals surface area contributed by atoms with Crippen molar-refractivity contribution in [1.29, 1.82) is 0 Å². The van der Waals surface area contributed by atoms with Gasteiger partial charge >= 0.3 is 18.7 Å². The summed E-state index contributed by atoms with van der Waals surface area (Å²) in [4.78, 5) is 18.1. The minimum Gasteiger partial charge on any atom is -0.406 e. The molecule has 0 spiro atoms. The standard InChI is InChI=1S/C27H20F9N3O2/c1-24(2,17-6-11-22(37-14-17)26(31,32)33)38-20-13-21(15-4-3-5-16(12-15)25(28,29)30)39(23(20)40)18-7-9-19(10-8-18)41-27(34,35)36/h3-14,21,38H,1-2H3. The summed E-state index contributed by atoms with van der Waals surface area (Å²) in [7, 11) is 0. The summed E-state index contributed by atoms with van der Waals surface area (Å²) in [6.07, 6.45) is -12.0. The van der Waals surface area contributed by atoms with E-state index in [1.165, 1.54) is 18.2 Å². The quantitative estimate of drug-likeness (QED) is 0.303. The summed E-state index contributed by atoms with van der Waals surface area (Å²) in [5, 5.41) is 2.92. The highest BCUT2D eigenvalue weighted by molar-refractivity contribution is 6.09. The van der Waals surface area contributed by atoms with Gasteiger partial charge in [0.25, 0.3) is 5.91 Å². The van der Waals surface area contributed by atoms with Crippen LogP contribution in [0.4, 0.5) is 45.2 Å². The van der Waals surface area contributed by atoms with Gasteiger partial charge in [0.2, 0.25) is 0 Å². The molecule has 4 rings (SSSR count). The molecule has 2 heterocycles. The van der Waals surface area contributed by atoms with E-state index >= 15 is 0 Å². The van der Waals surface area contributed by atoms with Crippen LogP contribution >= 0.6 is 0 Å². The van der Waals surface area contributed by atoms with Crippen LogP contribution in [0.15, 0.2) is 78.6 Å². The minimum atomic E-state index is -4.97. The molecule has 1 N–H and O–H groups in total. The lowest BCUT2D eigenvalue weighted by molar-refractivity contribution is -0.274. The zero-order valence-corrected chi connectivity index (χ0v) is 21.1. The Kier molecular flexibility index (Phi) is 7.48. The number of nitrogens with one attached hydrogen (secondary N) is 1. The number of hydrogen-bond acceptors (Lipinski definition) is 4. The molecular weight excluding hydrogens is 569 g/mol. The summed E-state index contributed by atoms with van der Waals surface area (Å²) in [6.45, 7) is 3.10. The van der Waals surface area contributed by atoms with E-state index in [1.807, 2.05) is 0 Å². The molecule has 0 bridgehead atoms. The molecule has 1 aliphatic heterocycles. The molecule has 0 radical (unpaired) electrons. The highest BCUT2D eigenvalue weighted by atomic mass is 19.4. The number of carbonyl (C=O) groups excluding carboxylic acids is 1. The van der Waals surface area contributed by atoms with Gasteiger partial charge in [0, 0.05) is 11.9 Å². The lowest BCUT2D eigenvalue weighted by Crippen LogP contribution is -2.40. The largest absolute Gasteiger partial charge is 0.573 e. The Hall–Kier alpha value is -4.23. The summed E-state index contributed by atoms with van der Waals surface area (Å²) in [5.41, 5.74) is -3.03. The Morgan fingerprint density at radius 1 is 0.829 bits per heavy atom. The maximum absolute atomic E-state index is 13.6. The van der Waals surface area contributed by atoms with Crippen LogP contribution in [-0.4, -0.2) is 17.3 Å². The second kappa shape index (κ2) is 10.3. The maximum Gasteiger partial charge on any atom is 0.573 e. The van der Waals surface area contributed by atoms with Crippen LogP contribution in [0.2, 0.25) is 0 Å². The maximum atomic E-state index is 13.6. The first-order chi connectivity index (χ1) is 18.8. The fourth-order valence-corrected chi connectivity index (χ4v) is 4.23. The second-order valence-electron chi connectivity index (χ2n) is 9.55. The van der Waals surface area contributed by atoms with Crippen molar-refractivity contribution < 1.29 is 49.0 Å². The van der Waals surface area contributed by atoms with E-state index in [-0.39, 0.29) is 22.5 Å². The lowest BCUT2D eigenvalue weighted by Gasteiger charge is -2.29. The number of amides is 1. The molecule has 1 unspecified atom stereocenters. The number of halogens is 9. The van der Waals surface area contributed by atoms with Crippen molar-refractivity contribution in [3.05, 3.63) is 101 Å². The monoisotopic (exact) mass is 589 g/mol. The van der Waals surface area contributed by atoms with Gasteiger partial charge in [-0.2, -0.15) is 26.3 Å². The highest BCUT2D eigenvalue weighted by Crippen LogP contribution is 2.39. The van der Waals surface area contributed by atoms with Crippen molar-refractivity contribution in [2.45, 2.75) is 44.1 Å². The molecule has 5 nitrogen and oxygen atoms in total. The van der Waals surface area contributed by atoms with Crippen LogP contribution in [0.3, 0.4) is 0 Å². The molecule has 0 saturated heterocycles. The Morgan fingerprint density at radius 2 is 1.49 bits per heavy atom. The van der Waals surface area contributed by atoms with E-state index in [4.69, 9.17) is 0 Å². The first-order valence-corrected chi connectivity index (χ1v) is 11.8. The number of benzene rings is 2. The highest BCUT2D eigenvalue weighted by Gasteiger charge is 2.39. The molecule has 41 heavy (non-hydrogen) atoms. The van der Waals surface area contributed by atoms with E-state index in [0.717, 1.165) is 59.6 Å². The smallest absolute Gasteiger partial charge is 0.406 e. The van der Waals surface area contributed by atoms with Gasteiger partial charge < -0.3 is 10.1 Å². The van der Waals surface area contributed by atoms with Crippen LogP contribution in [0.25, 0.3) is 0 Å². The number of aromatic nitrogens is 1. The van der Waals surface area contributed by atoms with Gasteiger partial charge in [-0.3, -0.25) is 14.7 Å². The van der Waals surface area contributed by atoms with Gasteiger partial charge in [0.05, 0.1) is 22.8 Å². The normalized spacial score (nSPS) is 16.6. The van der Waals surface area contributed by atoms with Crippen LogP contribution in [0, 0.1) is 0 Å². The minimum absolute atomic E-state index is 0.0500. The predicted octanol–water partition coefficient (Wildman–Crippen LogP) is 7.51. The fourth-order valence-electron chi connectivity index (χ4n) is 4.23. The van der Waals surface area contributed by atoms with Crippen molar-refractivity contribution in [2.75, 3.05) is 4.90 Å². The van der Waals surface area contributed by atoms with Crippen LogP contribution < -0.4 is 15.0 Å². The van der Waals surface area contributed by atoms with Crippen molar-refractivity contribution in [1.82, 2.24) is 10.3 Å². The molecule has 218 valence electrons. The molecule has 1 amide bonds. The summed E-state index contributed by atoms with van der Waals surface area (Å²) < 4.78 is 121. The van der Waals surface area contributed by atoms with Gasteiger partial charge in [0.1, 0.15) is 11.4 Å². The SMILES string of the molecule is CC(C)(NC1=CC(c2cccc(C(F)(F)F)c2)N(c2ccc(OC(F)(F)F)cc2)C1=O)c1ccc(C(F)(F)F)nc1. The molecule has 14 heteroatoms. The van der Waals surface area contributed by atoms with Gasteiger partial charge in [-0.25, -0.2) is 0 Å². The Morgan fingerprint density at radius 3 is 2.02 bits per heavy atom. The van der Waals surface area contributed by atoms with Crippen molar-refractivity contribution in [3.63, 3.8) is 0 Å². The number of rotatable bonds is 6. The summed E-state index contributed by atoms with van der Waals surface area (Å²) >= 11 is 0. The Bertz CT molecular complexity index is 1440. The van der Waals surface area contributed by atoms with Gasteiger partial charge in [-0.05, 0) is 73.5 Å². The second-order valence-corrected chi connectivity index (χ2v) is 9.55. The molecular formula is C27H20F9N3O2. The van der Waals surface area contributed by atoms with E-state index in [1.54, 1.807) is 13.8 Å². The van der Waals surface area contributed by atoms with Crippen LogP contribution in [0.5, 0.6) is 5.75 Å². The van der Waals surface area contributed by atoms with E-state index < -0.39 is 53.2 Å². The number of hydrogen-bond donors (Lipinski definition) is 1. The molecule has 1 atom stereocenters. The Balaban J connectivity index is 1.71. The summed E-state index contributed by atoms with van der Waals surface area (Å²) in [6, 6.07) is 9.19. The fraction of sp³-hybridized carbons (Fsp3) is 0.259. The topological polar surface area (TPSA) is 54.5 Å². The number of carbonyl (C=O) groups is 1. The summed E-state index contributed by atoms with van der Waals surface area (Å²) in [5.74, 6) is -1.32. The molecule has 0 aliphatic carbocycles. The van der Waals surface area contributed by atoms with Gasteiger partial charge in [-0.15, -0.1) is 13.2 Å². The third-order valence-electron chi connectivity index (χ3n) is 6.18. The molecule has 0 fully saturated rings. The van der Waals surface area contributed by atoms with Crippen molar-refractivity contribution >= 4 is 11.6 Å². The van der Waals surface area contributed by atoms with Crippen LogP contribution in [-0.2, 0) is 22.7 Å².